The molecule has 17 heavy (non-hydrogen) atoms. The summed E-state index contributed by atoms with van der Waals surface area (Å²) in [6.07, 6.45) is 6.07. The van der Waals surface area contributed by atoms with E-state index in [9.17, 15) is 0 Å². The molecular formula is C12H18N4S. The minimum atomic E-state index is 0.255. The van der Waals surface area contributed by atoms with Crippen LogP contribution in [0.3, 0.4) is 0 Å². The van der Waals surface area contributed by atoms with Crippen LogP contribution in [0.4, 0.5) is 0 Å². The first-order valence-electron chi connectivity index (χ1n) is 6.08. The zero-order valence-electron chi connectivity index (χ0n) is 10.4. The summed E-state index contributed by atoms with van der Waals surface area (Å²) < 4.78 is 2.33. The van der Waals surface area contributed by atoms with E-state index in [0.29, 0.717) is 0 Å². The van der Waals surface area contributed by atoms with Crippen molar-refractivity contribution >= 4 is 11.9 Å². The molecule has 1 aromatic heterocycles. The highest BCUT2D eigenvalue weighted by molar-refractivity contribution is 7.97. The van der Waals surface area contributed by atoms with E-state index in [-0.39, 0.29) is 5.41 Å². The average molecular weight is 250 g/mol. The number of piperidine rings is 1. The number of fused-ring (bicyclic) bond motifs is 2. The van der Waals surface area contributed by atoms with Gasteiger partial charge in [0.1, 0.15) is 6.33 Å². The molecule has 1 fully saturated rings. The normalized spacial score (nSPS) is 24.8. The molecule has 2 aliphatic heterocycles. The van der Waals surface area contributed by atoms with Gasteiger partial charge in [-0.15, -0.1) is 0 Å². The van der Waals surface area contributed by atoms with Gasteiger partial charge in [-0.1, -0.05) is 0 Å². The maximum absolute atomic E-state index is 4.58. The highest BCUT2D eigenvalue weighted by atomic mass is 32.2. The summed E-state index contributed by atoms with van der Waals surface area (Å²) in [5, 5.41) is 0. The van der Waals surface area contributed by atoms with Crippen LogP contribution in [0.1, 0.15) is 18.5 Å². The summed E-state index contributed by atoms with van der Waals surface area (Å²) in [6, 6.07) is 0. The maximum Gasteiger partial charge on any atom is 0.115 e. The van der Waals surface area contributed by atoms with Crippen LogP contribution in [0.15, 0.2) is 17.4 Å². The van der Waals surface area contributed by atoms with Gasteiger partial charge in [0.15, 0.2) is 0 Å². The van der Waals surface area contributed by atoms with Gasteiger partial charge in [-0.2, -0.15) is 0 Å². The van der Waals surface area contributed by atoms with Crippen LogP contribution in [0.25, 0.3) is 0 Å². The molecule has 1 saturated heterocycles. The van der Waals surface area contributed by atoms with Gasteiger partial charge in [-0.25, -0.2) is 14.3 Å². The fraction of sp³-hybridized carbons (Fsp3) is 0.667. The largest absolute Gasteiger partial charge is 0.306 e. The Bertz CT molecular complexity index is 415. The van der Waals surface area contributed by atoms with E-state index in [1.807, 2.05) is 6.20 Å². The monoisotopic (exact) mass is 250 g/mol. The van der Waals surface area contributed by atoms with E-state index >= 15 is 0 Å². The molecule has 5 heteroatoms. The smallest absolute Gasteiger partial charge is 0.115 e. The number of nitrogens with zero attached hydrogens (tertiary/aromatic N) is 4. The summed E-state index contributed by atoms with van der Waals surface area (Å²) in [6.45, 7) is 3.44. The van der Waals surface area contributed by atoms with Gasteiger partial charge in [-0.05, 0) is 52.0 Å². The van der Waals surface area contributed by atoms with E-state index in [1.165, 1.54) is 36.5 Å². The summed E-state index contributed by atoms with van der Waals surface area (Å²) in [7, 11) is 4.37. The van der Waals surface area contributed by atoms with E-state index in [2.05, 4.69) is 33.3 Å². The number of hydrogen-bond donors (Lipinski definition) is 0. The van der Waals surface area contributed by atoms with E-state index in [4.69, 9.17) is 0 Å². The first-order valence-corrected chi connectivity index (χ1v) is 6.85. The summed E-state index contributed by atoms with van der Waals surface area (Å²) in [5.74, 6) is 0. The Morgan fingerprint density at radius 1 is 1.29 bits per heavy atom. The molecule has 0 atom stereocenters. The van der Waals surface area contributed by atoms with Gasteiger partial charge in [0.05, 0.1) is 10.6 Å². The molecule has 0 saturated carbocycles. The first kappa shape index (κ1) is 11.4. The van der Waals surface area contributed by atoms with Crippen molar-refractivity contribution in [2.24, 2.45) is 0 Å². The van der Waals surface area contributed by atoms with Crippen LogP contribution in [0.5, 0.6) is 0 Å². The van der Waals surface area contributed by atoms with Gasteiger partial charge < -0.3 is 4.90 Å². The van der Waals surface area contributed by atoms with E-state index in [0.717, 1.165) is 6.54 Å². The van der Waals surface area contributed by atoms with Crippen molar-refractivity contribution in [3.63, 3.8) is 0 Å². The Hall–Kier alpha value is -0.650. The third-order valence-corrected chi connectivity index (χ3v) is 4.84. The molecule has 0 radical (unpaired) electrons. The Kier molecular flexibility index (Phi) is 2.84. The summed E-state index contributed by atoms with van der Waals surface area (Å²) in [4.78, 5) is 12.4. The molecule has 0 aliphatic carbocycles. The summed E-state index contributed by atoms with van der Waals surface area (Å²) in [5.41, 5.74) is 1.54. The molecule has 3 heterocycles. The molecule has 0 amide bonds. The zero-order valence-corrected chi connectivity index (χ0v) is 11.2. The van der Waals surface area contributed by atoms with Crippen molar-refractivity contribution in [3.05, 3.63) is 18.2 Å². The van der Waals surface area contributed by atoms with Gasteiger partial charge >= 0.3 is 0 Å². The first-order chi connectivity index (χ1) is 8.20. The van der Waals surface area contributed by atoms with Crippen LogP contribution in [0.2, 0.25) is 0 Å². The van der Waals surface area contributed by atoms with Gasteiger partial charge in [0, 0.05) is 18.2 Å². The topological polar surface area (TPSA) is 32.3 Å². The molecule has 1 spiro atoms. The lowest BCUT2D eigenvalue weighted by Gasteiger charge is -2.45. The summed E-state index contributed by atoms with van der Waals surface area (Å²) >= 11 is 1.77. The number of aromatic nitrogens is 2. The molecule has 0 aromatic carbocycles. The second-order valence-corrected chi connectivity index (χ2v) is 6.44. The molecule has 2 aliphatic rings. The fourth-order valence-electron chi connectivity index (χ4n) is 2.92. The van der Waals surface area contributed by atoms with Gasteiger partial charge in [0.25, 0.3) is 0 Å². The quantitative estimate of drug-likeness (QED) is 0.650. The molecular weight excluding hydrogens is 232 g/mol. The van der Waals surface area contributed by atoms with Crippen LogP contribution in [-0.2, 0) is 5.41 Å². The molecule has 4 nitrogen and oxygen atoms in total. The third-order valence-electron chi connectivity index (χ3n) is 3.90. The lowest BCUT2D eigenvalue weighted by molar-refractivity contribution is 0.161. The molecule has 0 N–H and O–H groups in total. The average Bonchev–Trinajstić information content (AvgIpc) is 2.33. The lowest BCUT2D eigenvalue weighted by Crippen LogP contribution is -2.48. The standard InChI is InChI=1S/C12H18N4S/c1-15-5-3-12(4-6-15)8-16(2)17-10-7-13-9-14-11(10)12/h7,9H,3-6,8H2,1-2H3. The Balaban J connectivity index is 2.00. The minimum Gasteiger partial charge on any atom is -0.306 e. The van der Waals surface area contributed by atoms with E-state index in [1.54, 1.807) is 18.3 Å². The van der Waals surface area contributed by atoms with Crippen molar-refractivity contribution < 1.29 is 0 Å². The Morgan fingerprint density at radius 2 is 2.06 bits per heavy atom. The lowest BCUT2D eigenvalue weighted by atomic mass is 9.75. The van der Waals surface area contributed by atoms with Crippen molar-refractivity contribution in [1.29, 1.82) is 0 Å². The highest BCUT2D eigenvalue weighted by Crippen LogP contribution is 2.44. The van der Waals surface area contributed by atoms with Crippen LogP contribution < -0.4 is 0 Å². The van der Waals surface area contributed by atoms with E-state index < -0.39 is 0 Å². The van der Waals surface area contributed by atoms with Crippen LogP contribution in [-0.4, -0.2) is 52.9 Å². The van der Waals surface area contributed by atoms with Crippen molar-refractivity contribution in [2.75, 3.05) is 33.7 Å². The second kappa shape index (κ2) is 4.23. The zero-order chi connectivity index (χ0) is 11.9. The number of rotatable bonds is 0. The molecule has 3 rings (SSSR count). The predicted octanol–water partition coefficient (Wildman–Crippen LogP) is 1.39. The highest BCUT2D eigenvalue weighted by Gasteiger charge is 2.42. The minimum absolute atomic E-state index is 0.255. The Labute approximate surface area is 107 Å². The van der Waals surface area contributed by atoms with Gasteiger partial charge in [-0.3, -0.25) is 0 Å². The Morgan fingerprint density at radius 3 is 2.82 bits per heavy atom. The van der Waals surface area contributed by atoms with Crippen molar-refractivity contribution in [2.45, 2.75) is 23.2 Å². The predicted molar refractivity (Wildman–Crippen MR) is 68.9 cm³/mol. The SMILES string of the molecule is CN1CCC2(CC1)CN(C)Sc1cncnc12. The fourth-order valence-corrected chi connectivity index (χ4v) is 4.04. The van der Waals surface area contributed by atoms with Crippen molar-refractivity contribution in [1.82, 2.24) is 19.2 Å². The number of likely N-dealkylation sites (N-methyl/N-ethyl adjacent to an activating group) is 1. The molecule has 0 unspecified atom stereocenters. The van der Waals surface area contributed by atoms with Crippen molar-refractivity contribution in [3.8, 4) is 0 Å². The third kappa shape index (κ3) is 1.96. The number of hydrogen-bond acceptors (Lipinski definition) is 5. The van der Waals surface area contributed by atoms with Gasteiger partial charge in [0.2, 0.25) is 0 Å². The second-order valence-electron chi connectivity index (χ2n) is 5.20. The molecule has 92 valence electrons. The maximum atomic E-state index is 4.58. The van der Waals surface area contributed by atoms with Crippen LogP contribution >= 0.6 is 11.9 Å². The number of likely N-dealkylation sites (tertiary alicyclic amines) is 1. The molecule has 0 bridgehead atoms. The molecule has 1 aromatic rings. The van der Waals surface area contributed by atoms with Crippen LogP contribution in [0, 0.1) is 0 Å².